The highest BCUT2D eigenvalue weighted by Crippen LogP contribution is 2.14. The summed E-state index contributed by atoms with van der Waals surface area (Å²) in [6.45, 7) is -2.18. The summed E-state index contributed by atoms with van der Waals surface area (Å²) >= 11 is 0. The molecule has 1 aromatic carbocycles. The van der Waals surface area contributed by atoms with Crippen LogP contribution < -0.4 is 11.1 Å². The van der Waals surface area contributed by atoms with Gasteiger partial charge in [-0.1, -0.05) is 30.3 Å². The van der Waals surface area contributed by atoms with Crippen molar-refractivity contribution >= 4 is 5.91 Å². The van der Waals surface area contributed by atoms with Gasteiger partial charge in [-0.2, -0.15) is 0 Å². The van der Waals surface area contributed by atoms with Crippen LogP contribution in [0.5, 0.6) is 0 Å². The third kappa shape index (κ3) is 4.77. The molecule has 0 aliphatic carbocycles. The summed E-state index contributed by atoms with van der Waals surface area (Å²) in [6, 6.07) is 8.38. The molecule has 4 N–H and O–H groups in total. The van der Waals surface area contributed by atoms with Crippen molar-refractivity contribution in [2.75, 3.05) is 13.2 Å². The molecule has 0 spiro atoms. The van der Waals surface area contributed by atoms with E-state index in [1.807, 2.05) is 11.4 Å². The van der Waals surface area contributed by atoms with Crippen LogP contribution in [0.25, 0.3) is 0 Å². The molecule has 1 aromatic rings. The number of benzene rings is 1. The summed E-state index contributed by atoms with van der Waals surface area (Å²) in [4.78, 5) is 11.4. The molecule has 0 bridgehead atoms. The van der Waals surface area contributed by atoms with Crippen LogP contribution in [-0.4, -0.2) is 30.1 Å². The summed E-state index contributed by atoms with van der Waals surface area (Å²) < 4.78 is 25.4. The zero-order valence-corrected chi connectivity index (χ0v) is 9.77. The molecule has 0 saturated carbocycles. The van der Waals surface area contributed by atoms with Gasteiger partial charge >= 0.3 is 0 Å². The highest BCUT2D eigenvalue weighted by atomic mass is 19.3. The molecule has 0 aliphatic rings. The van der Waals surface area contributed by atoms with Gasteiger partial charge in [-0.05, 0) is 5.56 Å². The molecule has 1 unspecified atom stereocenters. The van der Waals surface area contributed by atoms with Gasteiger partial charge in [0.05, 0.1) is 6.54 Å². The Labute approximate surface area is 104 Å². The van der Waals surface area contributed by atoms with E-state index in [0.717, 1.165) is 5.56 Å². The van der Waals surface area contributed by atoms with E-state index in [9.17, 15) is 13.6 Å². The van der Waals surface area contributed by atoms with Crippen molar-refractivity contribution in [2.45, 2.75) is 18.4 Å². The molecule has 0 radical (unpaired) electrons. The Morgan fingerprint density at radius 3 is 2.56 bits per heavy atom. The van der Waals surface area contributed by atoms with Crippen molar-refractivity contribution in [3.05, 3.63) is 35.9 Å². The Morgan fingerprint density at radius 1 is 1.39 bits per heavy atom. The number of nitrogens with two attached hydrogens (primary N) is 1. The highest BCUT2D eigenvalue weighted by molar-refractivity contribution is 5.76. The quantitative estimate of drug-likeness (QED) is 0.707. The Hall–Kier alpha value is -1.53. The Morgan fingerprint density at radius 2 is 2.00 bits per heavy atom. The topological polar surface area (TPSA) is 75.4 Å². The van der Waals surface area contributed by atoms with E-state index < -0.39 is 31.0 Å². The number of aliphatic hydroxyl groups is 1. The molecule has 0 aliphatic heterocycles. The van der Waals surface area contributed by atoms with Crippen molar-refractivity contribution in [1.29, 1.82) is 0 Å². The fraction of sp³-hybridized carbons (Fsp3) is 0.417. The third-order valence-corrected chi connectivity index (χ3v) is 2.41. The molecule has 0 aromatic heterocycles. The van der Waals surface area contributed by atoms with Crippen molar-refractivity contribution in [1.82, 2.24) is 5.32 Å². The third-order valence-electron chi connectivity index (χ3n) is 2.41. The summed E-state index contributed by atoms with van der Waals surface area (Å²) in [5.74, 6) is -3.87. The monoisotopic (exact) mass is 258 g/mol. The van der Waals surface area contributed by atoms with Crippen molar-refractivity contribution in [3.8, 4) is 0 Å². The predicted octanol–water partition coefficient (Wildman–Crippen LogP) is 0.820. The van der Waals surface area contributed by atoms with Gasteiger partial charge in [0.1, 0.15) is 6.61 Å². The number of nitrogens with one attached hydrogen (secondary N) is 1. The van der Waals surface area contributed by atoms with Crippen LogP contribution in [0.1, 0.15) is 18.0 Å². The first-order chi connectivity index (χ1) is 8.44. The summed E-state index contributed by atoms with van der Waals surface area (Å²) in [5, 5.41) is 10.4. The normalized spacial score (nSPS) is 13.1. The molecule has 100 valence electrons. The molecular formula is C12H16F2N2O2. The lowest BCUT2D eigenvalue weighted by Crippen LogP contribution is -2.39. The van der Waals surface area contributed by atoms with Crippen LogP contribution >= 0.6 is 0 Å². The van der Waals surface area contributed by atoms with Crippen molar-refractivity contribution in [2.24, 2.45) is 5.73 Å². The van der Waals surface area contributed by atoms with Gasteiger partial charge in [-0.25, -0.2) is 8.78 Å². The number of hydrogen-bond donors (Lipinski definition) is 3. The van der Waals surface area contributed by atoms with E-state index >= 15 is 0 Å². The van der Waals surface area contributed by atoms with Crippen molar-refractivity contribution < 1.29 is 18.7 Å². The van der Waals surface area contributed by atoms with Gasteiger partial charge in [0.2, 0.25) is 5.91 Å². The number of rotatable bonds is 6. The molecule has 18 heavy (non-hydrogen) atoms. The van der Waals surface area contributed by atoms with Crippen LogP contribution in [-0.2, 0) is 4.79 Å². The van der Waals surface area contributed by atoms with Crippen molar-refractivity contribution in [3.63, 3.8) is 0 Å². The van der Waals surface area contributed by atoms with E-state index in [1.54, 1.807) is 24.3 Å². The molecule has 6 heteroatoms. The number of halogens is 2. The fourth-order valence-corrected chi connectivity index (χ4v) is 1.37. The van der Waals surface area contributed by atoms with E-state index in [2.05, 4.69) is 0 Å². The van der Waals surface area contributed by atoms with Gasteiger partial charge in [0, 0.05) is 12.5 Å². The lowest BCUT2D eigenvalue weighted by Gasteiger charge is -2.16. The number of alkyl halides is 2. The lowest BCUT2D eigenvalue weighted by molar-refractivity contribution is -0.124. The predicted molar refractivity (Wildman–Crippen MR) is 63.0 cm³/mol. The highest BCUT2D eigenvalue weighted by Gasteiger charge is 2.28. The van der Waals surface area contributed by atoms with E-state index in [-0.39, 0.29) is 6.42 Å². The minimum absolute atomic E-state index is 0.0779. The maximum Gasteiger partial charge on any atom is 0.287 e. The summed E-state index contributed by atoms with van der Waals surface area (Å²) in [7, 11) is 0. The van der Waals surface area contributed by atoms with Gasteiger partial charge < -0.3 is 16.2 Å². The summed E-state index contributed by atoms with van der Waals surface area (Å²) in [6.07, 6.45) is -0.0779. The molecule has 1 atom stereocenters. The van der Waals surface area contributed by atoms with E-state index in [1.165, 1.54) is 0 Å². The maximum atomic E-state index is 12.7. The van der Waals surface area contributed by atoms with Gasteiger partial charge in [-0.15, -0.1) is 0 Å². The minimum atomic E-state index is -3.30. The van der Waals surface area contributed by atoms with E-state index in [4.69, 9.17) is 10.8 Å². The van der Waals surface area contributed by atoms with Gasteiger partial charge in [0.25, 0.3) is 5.92 Å². The Bertz CT molecular complexity index is 385. The molecule has 0 fully saturated rings. The van der Waals surface area contributed by atoms with Crippen LogP contribution in [0.4, 0.5) is 8.78 Å². The average molecular weight is 258 g/mol. The van der Waals surface area contributed by atoms with Crippen LogP contribution in [0.2, 0.25) is 0 Å². The largest absolute Gasteiger partial charge is 0.390 e. The molecule has 1 amide bonds. The minimum Gasteiger partial charge on any atom is -0.390 e. The fourth-order valence-electron chi connectivity index (χ4n) is 1.37. The smallest absolute Gasteiger partial charge is 0.287 e. The van der Waals surface area contributed by atoms with E-state index in [0.29, 0.717) is 0 Å². The van der Waals surface area contributed by atoms with Crippen LogP contribution in [0, 0.1) is 0 Å². The van der Waals surface area contributed by atoms with Gasteiger partial charge in [-0.3, -0.25) is 4.79 Å². The average Bonchev–Trinajstić information content (AvgIpc) is 2.37. The second-order valence-electron chi connectivity index (χ2n) is 4.01. The van der Waals surface area contributed by atoms with Crippen LogP contribution in [0.3, 0.4) is 0 Å². The second kappa shape index (κ2) is 6.42. The lowest BCUT2D eigenvalue weighted by atomic mass is 10.0. The molecule has 0 saturated heterocycles. The SMILES string of the molecule is NC(CC(=O)NCC(F)(F)CO)c1ccccc1. The zero-order chi connectivity index (χ0) is 13.6. The number of hydrogen-bond acceptors (Lipinski definition) is 3. The number of carbonyl (C=O) groups is 1. The maximum absolute atomic E-state index is 12.7. The first-order valence-electron chi connectivity index (χ1n) is 5.50. The molecule has 1 rings (SSSR count). The Kier molecular flexibility index (Phi) is 5.18. The molecule has 0 heterocycles. The second-order valence-corrected chi connectivity index (χ2v) is 4.01. The van der Waals surface area contributed by atoms with Crippen LogP contribution in [0.15, 0.2) is 30.3 Å². The number of amides is 1. The molecule has 4 nitrogen and oxygen atoms in total. The van der Waals surface area contributed by atoms with Gasteiger partial charge in [0.15, 0.2) is 0 Å². The first-order valence-corrected chi connectivity index (χ1v) is 5.50. The number of aliphatic hydroxyl groups excluding tert-OH is 1. The number of carbonyl (C=O) groups excluding carboxylic acids is 1. The zero-order valence-electron chi connectivity index (χ0n) is 9.77. The standard InChI is InChI=1S/C12H16F2N2O2/c13-12(14,8-17)7-16-11(18)6-10(15)9-4-2-1-3-5-9/h1-5,10,17H,6-8,15H2,(H,16,18). The first kappa shape index (κ1) is 14.5. The Balaban J connectivity index is 2.41. The summed E-state index contributed by atoms with van der Waals surface area (Å²) in [5.41, 5.74) is 6.54. The molecular weight excluding hydrogens is 242 g/mol.